The molecule has 1 N–H and O–H groups in total. The van der Waals surface area contributed by atoms with Crippen LogP contribution in [0.15, 0.2) is 69.0 Å². The van der Waals surface area contributed by atoms with Gasteiger partial charge in [0.15, 0.2) is 5.76 Å². The Labute approximate surface area is 175 Å². The molecule has 0 saturated carbocycles. The topological polar surface area (TPSA) is 92.0 Å². The number of amides is 1. The van der Waals surface area contributed by atoms with Crippen molar-refractivity contribution >= 4 is 32.6 Å². The Hall–Kier alpha value is -2.97. The van der Waals surface area contributed by atoms with Crippen molar-refractivity contribution in [2.24, 2.45) is 5.10 Å². The number of hydrogen-bond donors (Lipinski definition) is 1. The van der Waals surface area contributed by atoms with Crippen LogP contribution in [0.5, 0.6) is 0 Å². The van der Waals surface area contributed by atoms with Gasteiger partial charge >= 0.3 is 0 Å². The van der Waals surface area contributed by atoms with E-state index < -0.39 is 15.9 Å². The van der Waals surface area contributed by atoms with Gasteiger partial charge in [0.1, 0.15) is 11.3 Å². The van der Waals surface area contributed by atoms with Crippen molar-refractivity contribution in [1.82, 2.24) is 9.73 Å². The van der Waals surface area contributed by atoms with Crippen molar-refractivity contribution in [3.8, 4) is 0 Å². The van der Waals surface area contributed by atoms with Gasteiger partial charge in [-0.15, -0.1) is 0 Å². The van der Waals surface area contributed by atoms with Gasteiger partial charge in [0.05, 0.1) is 4.90 Å². The molecule has 3 aromatic rings. The summed E-state index contributed by atoms with van der Waals surface area (Å²) in [6, 6.07) is 15.5. The lowest BCUT2D eigenvalue weighted by Crippen LogP contribution is -2.35. The number of carbonyl (C=O) groups is 1. The number of carbonyl (C=O) groups excluding carboxylic acids is 1. The highest BCUT2D eigenvalue weighted by atomic mass is 32.2. The van der Waals surface area contributed by atoms with Crippen LogP contribution < -0.4 is 5.43 Å². The molecule has 2 aromatic carbocycles. The van der Waals surface area contributed by atoms with Gasteiger partial charge in [-0.1, -0.05) is 30.7 Å². The molecule has 0 spiro atoms. The Balaban J connectivity index is 1.51. The van der Waals surface area contributed by atoms with Crippen LogP contribution in [0.1, 0.15) is 42.3 Å². The summed E-state index contributed by atoms with van der Waals surface area (Å²) in [5.74, 6) is 0.0686. The van der Waals surface area contributed by atoms with Gasteiger partial charge in [-0.2, -0.15) is 9.41 Å². The summed E-state index contributed by atoms with van der Waals surface area (Å²) in [5.41, 5.74) is 3.96. The minimum atomic E-state index is -3.60. The number of benzene rings is 2. The first-order valence-electron chi connectivity index (χ1n) is 9.89. The Kier molecular flexibility index (Phi) is 5.69. The van der Waals surface area contributed by atoms with Crippen molar-refractivity contribution < 1.29 is 17.6 Å². The molecule has 156 valence electrons. The lowest BCUT2D eigenvalue weighted by molar-refractivity contribution is 0.0954. The highest BCUT2D eigenvalue weighted by molar-refractivity contribution is 7.89. The number of hydrogen-bond acceptors (Lipinski definition) is 5. The predicted molar refractivity (Wildman–Crippen MR) is 115 cm³/mol. The second-order valence-corrected chi connectivity index (χ2v) is 9.22. The molecule has 1 saturated heterocycles. The molecule has 0 unspecified atom stereocenters. The standard InChI is InChI=1S/C22H23N3O4S/c1-16(21-15-17-8-3-4-11-20(17)29-21)23-24-22(26)18-9-7-10-19(14-18)30(27,28)25-12-5-2-6-13-25/h3-4,7-11,14-15H,2,5-6,12-13H2,1H3,(H,24,26)/b23-16-. The number of nitrogens with zero attached hydrogens (tertiary/aromatic N) is 2. The predicted octanol–water partition coefficient (Wildman–Crippen LogP) is 3.76. The van der Waals surface area contributed by atoms with Crippen molar-refractivity contribution in [1.29, 1.82) is 0 Å². The molecule has 4 rings (SSSR count). The smallest absolute Gasteiger partial charge is 0.271 e. The van der Waals surface area contributed by atoms with Crippen LogP contribution in [0, 0.1) is 0 Å². The van der Waals surface area contributed by atoms with Crippen LogP contribution in [0.2, 0.25) is 0 Å². The Morgan fingerprint density at radius 2 is 1.80 bits per heavy atom. The molecule has 0 atom stereocenters. The third-order valence-corrected chi connectivity index (χ3v) is 7.05. The van der Waals surface area contributed by atoms with Gasteiger partial charge in [-0.3, -0.25) is 4.79 Å². The molecule has 8 heteroatoms. The van der Waals surface area contributed by atoms with Gasteiger partial charge in [0.25, 0.3) is 5.91 Å². The summed E-state index contributed by atoms with van der Waals surface area (Å²) < 4.78 is 32.9. The van der Waals surface area contributed by atoms with E-state index in [4.69, 9.17) is 4.42 Å². The second kappa shape index (κ2) is 8.41. The summed E-state index contributed by atoms with van der Waals surface area (Å²) in [7, 11) is -3.60. The lowest BCUT2D eigenvalue weighted by atomic mass is 10.2. The zero-order chi connectivity index (χ0) is 21.1. The number of hydrazone groups is 1. The number of fused-ring (bicyclic) bond motifs is 1. The third kappa shape index (κ3) is 4.15. The SMILES string of the molecule is C/C(=N/NC(=O)c1cccc(S(=O)(=O)N2CCCCC2)c1)c1cc2ccccc2o1. The van der Waals surface area contributed by atoms with E-state index in [2.05, 4.69) is 10.5 Å². The summed E-state index contributed by atoms with van der Waals surface area (Å²) in [4.78, 5) is 12.7. The first-order valence-corrected chi connectivity index (χ1v) is 11.3. The largest absolute Gasteiger partial charge is 0.455 e. The Morgan fingerprint density at radius 1 is 1.03 bits per heavy atom. The molecule has 0 radical (unpaired) electrons. The Morgan fingerprint density at radius 3 is 2.57 bits per heavy atom. The van der Waals surface area contributed by atoms with E-state index in [1.165, 1.54) is 16.4 Å². The highest BCUT2D eigenvalue weighted by Gasteiger charge is 2.26. The highest BCUT2D eigenvalue weighted by Crippen LogP contribution is 2.22. The number of rotatable bonds is 5. The van der Waals surface area contributed by atoms with Crippen LogP contribution in [-0.4, -0.2) is 37.4 Å². The summed E-state index contributed by atoms with van der Waals surface area (Å²) in [6.45, 7) is 2.76. The molecule has 1 aliphatic heterocycles. The van der Waals surface area contributed by atoms with E-state index in [0.29, 0.717) is 24.6 Å². The molecule has 1 aromatic heterocycles. The molecular formula is C22H23N3O4S. The van der Waals surface area contributed by atoms with Crippen LogP contribution >= 0.6 is 0 Å². The Bertz CT molecular complexity index is 1170. The van der Waals surface area contributed by atoms with Gasteiger partial charge in [0, 0.05) is 24.0 Å². The van der Waals surface area contributed by atoms with Crippen molar-refractivity contribution in [2.45, 2.75) is 31.1 Å². The molecule has 30 heavy (non-hydrogen) atoms. The third-order valence-electron chi connectivity index (χ3n) is 5.16. The molecule has 7 nitrogen and oxygen atoms in total. The van der Waals surface area contributed by atoms with Crippen LogP contribution in [0.3, 0.4) is 0 Å². The van der Waals surface area contributed by atoms with Crippen LogP contribution in [-0.2, 0) is 10.0 Å². The number of para-hydroxylation sites is 1. The van der Waals surface area contributed by atoms with E-state index in [1.807, 2.05) is 30.3 Å². The number of sulfonamides is 1. The van der Waals surface area contributed by atoms with E-state index in [9.17, 15) is 13.2 Å². The second-order valence-electron chi connectivity index (χ2n) is 7.28. The lowest BCUT2D eigenvalue weighted by Gasteiger charge is -2.25. The average molecular weight is 426 g/mol. The minimum absolute atomic E-state index is 0.120. The maximum atomic E-state index is 12.9. The maximum Gasteiger partial charge on any atom is 0.271 e. The molecule has 1 amide bonds. The van der Waals surface area contributed by atoms with Crippen molar-refractivity contribution in [2.75, 3.05) is 13.1 Å². The van der Waals surface area contributed by atoms with Gasteiger partial charge < -0.3 is 4.42 Å². The number of nitrogens with one attached hydrogen (secondary N) is 1. The molecule has 1 fully saturated rings. The zero-order valence-corrected chi connectivity index (χ0v) is 17.5. The van der Waals surface area contributed by atoms with E-state index in [0.717, 1.165) is 30.2 Å². The molecule has 0 bridgehead atoms. The minimum Gasteiger partial charge on any atom is -0.455 e. The zero-order valence-electron chi connectivity index (χ0n) is 16.7. The van der Waals surface area contributed by atoms with Crippen LogP contribution in [0.4, 0.5) is 0 Å². The fraction of sp³-hybridized carbons (Fsp3) is 0.273. The summed E-state index contributed by atoms with van der Waals surface area (Å²) >= 11 is 0. The molecule has 2 heterocycles. The quantitative estimate of drug-likeness (QED) is 0.498. The van der Waals surface area contributed by atoms with E-state index >= 15 is 0 Å². The van der Waals surface area contributed by atoms with Gasteiger partial charge in [-0.25, -0.2) is 13.8 Å². The van der Waals surface area contributed by atoms with E-state index in [1.54, 1.807) is 19.1 Å². The first kappa shape index (κ1) is 20.3. The number of piperidine rings is 1. The molecular weight excluding hydrogens is 402 g/mol. The number of furan rings is 1. The molecule has 1 aliphatic rings. The van der Waals surface area contributed by atoms with Gasteiger partial charge in [-0.05, 0) is 50.1 Å². The summed E-state index contributed by atoms with van der Waals surface area (Å²) in [6.07, 6.45) is 2.75. The average Bonchev–Trinajstić information content (AvgIpc) is 3.22. The van der Waals surface area contributed by atoms with Crippen molar-refractivity contribution in [3.63, 3.8) is 0 Å². The van der Waals surface area contributed by atoms with Gasteiger partial charge in [0.2, 0.25) is 10.0 Å². The maximum absolute atomic E-state index is 12.9. The van der Waals surface area contributed by atoms with E-state index in [-0.39, 0.29) is 10.5 Å². The van der Waals surface area contributed by atoms with Crippen LogP contribution in [0.25, 0.3) is 11.0 Å². The fourth-order valence-electron chi connectivity index (χ4n) is 3.47. The monoisotopic (exact) mass is 425 g/mol. The fourth-order valence-corrected chi connectivity index (χ4v) is 5.03. The molecule has 0 aliphatic carbocycles. The first-order chi connectivity index (χ1) is 14.4. The van der Waals surface area contributed by atoms with Crippen molar-refractivity contribution in [3.05, 3.63) is 65.9 Å². The normalized spacial score (nSPS) is 16.0. The summed E-state index contributed by atoms with van der Waals surface area (Å²) in [5, 5.41) is 5.06.